The average molecular weight is 282 g/mol. The molecule has 0 aliphatic carbocycles. The number of nitrogens with zero attached hydrogens (tertiary/aromatic N) is 3. The van der Waals surface area contributed by atoms with Gasteiger partial charge in [-0.05, 0) is 12.0 Å². The summed E-state index contributed by atoms with van der Waals surface area (Å²) in [5.74, 6) is 1.37. The van der Waals surface area contributed by atoms with E-state index in [2.05, 4.69) is 49.6 Å². The summed E-state index contributed by atoms with van der Waals surface area (Å²) in [6.45, 7) is 3.65. The number of H-pyrrole nitrogens is 1. The first-order valence-corrected chi connectivity index (χ1v) is 7.09. The van der Waals surface area contributed by atoms with E-state index in [0.717, 1.165) is 24.3 Å². The monoisotopic (exact) mass is 282 g/mol. The van der Waals surface area contributed by atoms with Gasteiger partial charge >= 0.3 is 0 Å². The molecule has 6 nitrogen and oxygen atoms in total. The Bertz CT molecular complexity index is 707. The molecule has 0 unspecified atom stereocenters. The molecule has 0 fully saturated rings. The third kappa shape index (κ3) is 3.10. The zero-order valence-corrected chi connectivity index (χ0v) is 11.9. The molecule has 0 radical (unpaired) electrons. The highest BCUT2D eigenvalue weighted by molar-refractivity contribution is 5.83. The van der Waals surface area contributed by atoms with Gasteiger partial charge in [-0.15, -0.1) is 0 Å². The number of hydrogen-bond donors (Lipinski definition) is 3. The van der Waals surface area contributed by atoms with Crippen LogP contribution in [0, 0.1) is 0 Å². The molecule has 0 aliphatic rings. The maximum Gasteiger partial charge on any atom is 0.226 e. The second-order valence-corrected chi connectivity index (χ2v) is 4.76. The average Bonchev–Trinajstić information content (AvgIpc) is 3.00. The lowest BCUT2D eigenvalue weighted by Gasteiger charge is -2.09. The Kier molecular flexibility index (Phi) is 3.95. The number of imidazole rings is 1. The van der Waals surface area contributed by atoms with Crippen molar-refractivity contribution in [1.82, 2.24) is 19.9 Å². The molecule has 0 saturated heterocycles. The summed E-state index contributed by atoms with van der Waals surface area (Å²) in [5.41, 5.74) is 2.69. The van der Waals surface area contributed by atoms with Crippen molar-refractivity contribution in [3.8, 4) is 0 Å². The topological polar surface area (TPSA) is 78.5 Å². The summed E-state index contributed by atoms with van der Waals surface area (Å²) in [7, 11) is 0. The molecule has 0 bridgehead atoms. The molecule has 0 amide bonds. The third-order valence-corrected chi connectivity index (χ3v) is 3.12. The quantitative estimate of drug-likeness (QED) is 0.648. The van der Waals surface area contributed by atoms with Crippen LogP contribution >= 0.6 is 0 Å². The SMILES string of the molecule is CCCNc1nc(NCc2ccccc2)c2[nH]cnc2n1. The Morgan fingerprint density at radius 3 is 2.76 bits per heavy atom. The molecular weight excluding hydrogens is 264 g/mol. The van der Waals surface area contributed by atoms with Crippen LogP contribution in [0.2, 0.25) is 0 Å². The van der Waals surface area contributed by atoms with Crippen LogP contribution in [-0.2, 0) is 6.54 Å². The number of aromatic amines is 1. The Morgan fingerprint density at radius 1 is 1.10 bits per heavy atom. The van der Waals surface area contributed by atoms with Gasteiger partial charge < -0.3 is 15.6 Å². The summed E-state index contributed by atoms with van der Waals surface area (Å²) < 4.78 is 0. The van der Waals surface area contributed by atoms with Gasteiger partial charge in [0.05, 0.1) is 6.33 Å². The predicted octanol–water partition coefficient (Wildman–Crippen LogP) is 2.79. The van der Waals surface area contributed by atoms with Crippen molar-refractivity contribution >= 4 is 22.9 Å². The van der Waals surface area contributed by atoms with Crippen LogP contribution in [0.25, 0.3) is 11.2 Å². The van der Waals surface area contributed by atoms with E-state index >= 15 is 0 Å². The van der Waals surface area contributed by atoms with Crippen LogP contribution in [0.3, 0.4) is 0 Å². The van der Waals surface area contributed by atoms with Crippen molar-refractivity contribution in [2.24, 2.45) is 0 Å². The lowest BCUT2D eigenvalue weighted by molar-refractivity contribution is 0.954. The molecule has 2 aromatic heterocycles. The largest absolute Gasteiger partial charge is 0.364 e. The highest BCUT2D eigenvalue weighted by Gasteiger charge is 2.09. The van der Waals surface area contributed by atoms with Gasteiger partial charge in [-0.3, -0.25) is 0 Å². The number of anilines is 2. The Morgan fingerprint density at radius 2 is 1.95 bits per heavy atom. The van der Waals surface area contributed by atoms with Crippen LogP contribution in [0.1, 0.15) is 18.9 Å². The fourth-order valence-electron chi connectivity index (χ4n) is 2.06. The van der Waals surface area contributed by atoms with E-state index in [1.54, 1.807) is 6.33 Å². The number of nitrogens with one attached hydrogen (secondary N) is 3. The zero-order chi connectivity index (χ0) is 14.5. The van der Waals surface area contributed by atoms with Crippen molar-refractivity contribution < 1.29 is 0 Å². The van der Waals surface area contributed by atoms with Gasteiger partial charge in [-0.2, -0.15) is 9.97 Å². The van der Waals surface area contributed by atoms with Gasteiger partial charge in [0.2, 0.25) is 5.95 Å². The van der Waals surface area contributed by atoms with E-state index in [9.17, 15) is 0 Å². The molecule has 3 aromatic rings. The molecule has 3 rings (SSSR count). The fourth-order valence-corrected chi connectivity index (χ4v) is 2.06. The summed E-state index contributed by atoms with van der Waals surface area (Å²) in [4.78, 5) is 16.2. The normalized spacial score (nSPS) is 10.7. The van der Waals surface area contributed by atoms with Crippen LogP contribution in [0.5, 0.6) is 0 Å². The Labute approximate surface area is 123 Å². The molecule has 0 aliphatic heterocycles. The third-order valence-electron chi connectivity index (χ3n) is 3.12. The van der Waals surface area contributed by atoms with Crippen molar-refractivity contribution in [1.29, 1.82) is 0 Å². The van der Waals surface area contributed by atoms with Crippen LogP contribution in [0.15, 0.2) is 36.7 Å². The number of fused-ring (bicyclic) bond motifs is 1. The molecule has 3 N–H and O–H groups in total. The van der Waals surface area contributed by atoms with Gasteiger partial charge in [0.1, 0.15) is 5.52 Å². The number of benzene rings is 1. The molecule has 0 atom stereocenters. The molecule has 108 valence electrons. The van der Waals surface area contributed by atoms with Crippen LogP contribution in [-0.4, -0.2) is 26.5 Å². The minimum absolute atomic E-state index is 0.604. The highest BCUT2D eigenvalue weighted by atomic mass is 15.2. The predicted molar refractivity (Wildman–Crippen MR) is 84.2 cm³/mol. The van der Waals surface area contributed by atoms with Crippen LogP contribution < -0.4 is 10.6 Å². The minimum atomic E-state index is 0.604. The molecule has 2 heterocycles. The van der Waals surface area contributed by atoms with E-state index < -0.39 is 0 Å². The van der Waals surface area contributed by atoms with E-state index in [1.165, 1.54) is 5.56 Å². The molecule has 21 heavy (non-hydrogen) atoms. The second-order valence-electron chi connectivity index (χ2n) is 4.76. The molecular formula is C15H18N6. The van der Waals surface area contributed by atoms with E-state index in [0.29, 0.717) is 18.1 Å². The maximum atomic E-state index is 4.52. The van der Waals surface area contributed by atoms with Crippen molar-refractivity contribution in [2.45, 2.75) is 19.9 Å². The Balaban J connectivity index is 1.83. The van der Waals surface area contributed by atoms with Gasteiger partial charge in [0.15, 0.2) is 11.5 Å². The van der Waals surface area contributed by atoms with E-state index in [4.69, 9.17) is 0 Å². The van der Waals surface area contributed by atoms with Gasteiger partial charge in [0, 0.05) is 13.1 Å². The van der Waals surface area contributed by atoms with Crippen molar-refractivity contribution in [2.75, 3.05) is 17.2 Å². The number of rotatable bonds is 6. The standard InChI is InChI=1S/C15H18N6/c1-2-8-16-15-20-13(12-14(21-15)19-10-18-12)17-9-11-6-4-3-5-7-11/h3-7,10H,2,8-9H2,1H3,(H3,16,17,18,19,20,21). The van der Waals surface area contributed by atoms with Crippen LogP contribution in [0.4, 0.5) is 11.8 Å². The van der Waals surface area contributed by atoms with Crippen molar-refractivity contribution in [3.63, 3.8) is 0 Å². The first-order valence-electron chi connectivity index (χ1n) is 7.09. The minimum Gasteiger partial charge on any atom is -0.364 e. The Hall–Kier alpha value is -2.63. The maximum absolute atomic E-state index is 4.52. The lowest BCUT2D eigenvalue weighted by Crippen LogP contribution is -2.08. The first kappa shape index (κ1) is 13.4. The lowest BCUT2D eigenvalue weighted by atomic mass is 10.2. The summed E-state index contributed by atoms with van der Waals surface area (Å²) in [5, 5.41) is 6.54. The van der Waals surface area contributed by atoms with E-state index in [1.807, 2.05) is 18.2 Å². The van der Waals surface area contributed by atoms with Gasteiger partial charge in [0.25, 0.3) is 0 Å². The number of aromatic nitrogens is 4. The summed E-state index contributed by atoms with van der Waals surface area (Å²) in [6.07, 6.45) is 2.66. The molecule has 1 aromatic carbocycles. The number of hydrogen-bond acceptors (Lipinski definition) is 5. The smallest absolute Gasteiger partial charge is 0.226 e. The molecule has 0 spiro atoms. The first-order chi connectivity index (χ1) is 10.4. The van der Waals surface area contributed by atoms with Gasteiger partial charge in [-0.25, -0.2) is 4.98 Å². The van der Waals surface area contributed by atoms with E-state index in [-0.39, 0.29) is 0 Å². The van der Waals surface area contributed by atoms with Gasteiger partial charge in [-0.1, -0.05) is 37.3 Å². The molecule has 0 saturated carbocycles. The highest BCUT2D eigenvalue weighted by Crippen LogP contribution is 2.19. The summed E-state index contributed by atoms with van der Waals surface area (Å²) in [6, 6.07) is 10.2. The summed E-state index contributed by atoms with van der Waals surface area (Å²) >= 11 is 0. The van der Waals surface area contributed by atoms with Crippen molar-refractivity contribution in [3.05, 3.63) is 42.2 Å². The fraction of sp³-hybridized carbons (Fsp3) is 0.267. The second kappa shape index (κ2) is 6.21. The zero-order valence-electron chi connectivity index (χ0n) is 11.9. The molecule has 6 heteroatoms.